The molecule has 3 N–H and O–H groups in total. The Morgan fingerprint density at radius 2 is 1.65 bits per heavy atom. The van der Waals surface area contributed by atoms with E-state index in [1.165, 1.54) is 0 Å². The van der Waals surface area contributed by atoms with Crippen LogP contribution < -0.4 is 16.0 Å². The minimum Gasteiger partial charge on any atom is -0.344 e. The maximum Gasteiger partial charge on any atom is 0.319 e. The molecule has 1 unspecified atom stereocenters. The Bertz CT molecular complexity index is 731. The summed E-state index contributed by atoms with van der Waals surface area (Å²) in [4.78, 5) is 25.5. The summed E-state index contributed by atoms with van der Waals surface area (Å²) in [6.45, 7) is 10.1. The third-order valence-electron chi connectivity index (χ3n) is 3.79. The molecule has 1 atom stereocenters. The number of anilines is 1. The predicted molar refractivity (Wildman–Crippen MR) is 108 cm³/mol. The summed E-state index contributed by atoms with van der Waals surface area (Å²) >= 11 is 1.64. The van der Waals surface area contributed by atoms with Crippen molar-refractivity contribution in [1.82, 2.24) is 10.6 Å². The lowest BCUT2D eigenvalue weighted by molar-refractivity contribution is 0.0903. The van der Waals surface area contributed by atoms with E-state index in [0.29, 0.717) is 11.3 Å². The van der Waals surface area contributed by atoms with Crippen LogP contribution in [0.25, 0.3) is 0 Å². The molecular formula is C20H27N3O2S. The Morgan fingerprint density at radius 3 is 2.15 bits per heavy atom. The number of urea groups is 1. The van der Waals surface area contributed by atoms with Gasteiger partial charge in [0.15, 0.2) is 0 Å². The van der Waals surface area contributed by atoms with E-state index in [2.05, 4.69) is 36.7 Å². The van der Waals surface area contributed by atoms with Gasteiger partial charge in [-0.15, -0.1) is 11.3 Å². The van der Waals surface area contributed by atoms with Gasteiger partial charge < -0.3 is 16.0 Å². The van der Waals surface area contributed by atoms with Crippen LogP contribution in [0.3, 0.4) is 0 Å². The van der Waals surface area contributed by atoms with Crippen molar-refractivity contribution in [3.8, 4) is 0 Å². The van der Waals surface area contributed by atoms with Gasteiger partial charge in [-0.2, -0.15) is 0 Å². The number of amides is 3. The normalized spacial score (nSPS) is 12.5. The molecule has 0 bridgehead atoms. The average Bonchev–Trinajstić information content (AvgIpc) is 3.05. The highest BCUT2D eigenvalue weighted by Gasteiger charge is 2.28. The standard InChI is InChI=1S/C20H27N3O2S/c1-13(2)21-19(25)22-15-10-8-14(9-11-15)18(24)23-17(20(3,4)5)16-7-6-12-26-16/h6-13,17H,1-5H3,(H,23,24)(H2,21,22,25). The number of thiophene rings is 1. The summed E-state index contributed by atoms with van der Waals surface area (Å²) in [5.74, 6) is -0.128. The zero-order valence-corrected chi connectivity index (χ0v) is 16.7. The van der Waals surface area contributed by atoms with Crippen molar-refractivity contribution in [2.75, 3.05) is 5.32 Å². The minimum atomic E-state index is -0.261. The number of nitrogens with one attached hydrogen (secondary N) is 3. The Morgan fingerprint density at radius 1 is 1.00 bits per heavy atom. The van der Waals surface area contributed by atoms with Gasteiger partial charge in [-0.25, -0.2) is 4.79 Å². The molecule has 2 aromatic rings. The van der Waals surface area contributed by atoms with Crippen molar-refractivity contribution in [2.24, 2.45) is 5.41 Å². The third kappa shape index (κ3) is 5.59. The Hall–Kier alpha value is -2.34. The average molecular weight is 374 g/mol. The lowest BCUT2D eigenvalue weighted by atomic mass is 9.85. The van der Waals surface area contributed by atoms with E-state index in [1.807, 2.05) is 31.4 Å². The number of hydrogen-bond acceptors (Lipinski definition) is 3. The summed E-state index contributed by atoms with van der Waals surface area (Å²) in [6, 6.07) is 10.7. The summed E-state index contributed by atoms with van der Waals surface area (Å²) in [5, 5.41) is 10.7. The molecule has 2 rings (SSSR count). The largest absolute Gasteiger partial charge is 0.344 e. The molecule has 5 nitrogen and oxygen atoms in total. The minimum absolute atomic E-state index is 0.0617. The van der Waals surface area contributed by atoms with Crippen LogP contribution in [0.15, 0.2) is 41.8 Å². The molecule has 0 saturated heterocycles. The molecule has 0 aliphatic carbocycles. The van der Waals surface area contributed by atoms with Crippen molar-refractivity contribution in [1.29, 1.82) is 0 Å². The van der Waals surface area contributed by atoms with E-state index in [-0.39, 0.29) is 29.4 Å². The van der Waals surface area contributed by atoms with Crippen LogP contribution >= 0.6 is 11.3 Å². The Balaban J connectivity index is 2.06. The van der Waals surface area contributed by atoms with Crippen LogP contribution in [-0.2, 0) is 0 Å². The molecule has 26 heavy (non-hydrogen) atoms. The van der Waals surface area contributed by atoms with E-state index in [0.717, 1.165) is 4.88 Å². The van der Waals surface area contributed by atoms with Crippen molar-refractivity contribution < 1.29 is 9.59 Å². The van der Waals surface area contributed by atoms with Gasteiger partial charge in [0.2, 0.25) is 0 Å². The van der Waals surface area contributed by atoms with Gasteiger partial charge in [-0.1, -0.05) is 26.8 Å². The second-order valence-electron chi connectivity index (χ2n) is 7.62. The molecule has 0 saturated carbocycles. The molecule has 0 fully saturated rings. The fourth-order valence-electron chi connectivity index (χ4n) is 2.52. The monoisotopic (exact) mass is 373 g/mol. The van der Waals surface area contributed by atoms with Gasteiger partial charge in [-0.3, -0.25) is 4.79 Å². The van der Waals surface area contributed by atoms with Gasteiger partial charge in [0.25, 0.3) is 5.91 Å². The maximum atomic E-state index is 12.7. The van der Waals surface area contributed by atoms with Crippen LogP contribution in [0.5, 0.6) is 0 Å². The lowest BCUT2D eigenvalue weighted by Gasteiger charge is -2.30. The zero-order valence-electron chi connectivity index (χ0n) is 15.9. The van der Waals surface area contributed by atoms with Crippen LogP contribution in [0, 0.1) is 5.41 Å². The molecule has 0 aliphatic heterocycles. The Kier molecular flexibility index (Phi) is 6.42. The van der Waals surface area contributed by atoms with Crippen LogP contribution in [0.2, 0.25) is 0 Å². The van der Waals surface area contributed by atoms with Crippen molar-refractivity contribution in [3.63, 3.8) is 0 Å². The summed E-state index contributed by atoms with van der Waals surface area (Å²) in [6.07, 6.45) is 0. The molecular weight excluding hydrogens is 346 g/mol. The predicted octanol–water partition coefficient (Wildman–Crippen LogP) is 4.80. The summed E-state index contributed by atoms with van der Waals surface area (Å²) in [5.41, 5.74) is 1.10. The maximum absolute atomic E-state index is 12.7. The quantitative estimate of drug-likeness (QED) is 0.705. The second kappa shape index (κ2) is 8.36. The van der Waals surface area contributed by atoms with Crippen LogP contribution in [-0.4, -0.2) is 18.0 Å². The highest BCUT2D eigenvalue weighted by Crippen LogP contribution is 2.35. The summed E-state index contributed by atoms with van der Waals surface area (Å²) in [7, 11) is 0. The Labute approximate surface area is 159 Å². The third-order valence-corrected chi connectivity index (χ3v) is 4.73. The van der Waals surface area contributed by atoms with E-state index in [1.54, 1.807) is 35.6 Å². The van der Waals surface area contributed by atoms with Gasteiger partial charge in [0.1, 0.15) is 0 Å². The first kappa shape index (κ1) is 20.0. The van der Waals surface area contributed by atoms with Crippen LogP contribution in [0.1, 0.15) is 55.9 Å². The highest BCUT2D eigenvalue weighted by molar-refractivity contribution is 7.10. The zero-order chi connectivity index (χ0) is 19.3. The number of rotatable bonds is 5. The van der Waals surface area contributed by atoms with Crippen molar-refractivity contribution in [3.05, 3.63) is 52.2 Å². The van der Waals surface area contributed by atoms with Gasteiger partial charge in [0, 0.05) is 22.2 Å². The van der Waals surface area contributed by atoms with Crippen molar-refractivity contribution in [2.45, 2.75) is 46.7 Å². The molecule has 0 radical (unpaired) electrons. The number of carbonyl (C=O) groups is 2. The lowest BCUT2D eigenvalue weighted by Crippen LogP contribution is -2.36. The van der Waals surface area contributed by atoms with E-state index < -0.39 is 0 Å². The fourth-order valence-corrected chi connectivity index (χ4v) is 3.54. The molecule has 1 heterocycles. The first-order valence-corrected chi connectivity index (χ1v) is 9.56. The molecule has 1 aromatic carbocycles. The number of hydrogen-bond donors (Lipinski definition) is 3. The number of benzene rings is 1. The van der Waals surface area contributed by atoms with Crippen molar-refractivity contribution >= 4 is 29.0 Å². The molecule has 0 spiro atoms. The topological polar surface area (TPSA) is 70.2 Å². The van der Waals surface area contributed by atoms with Gasteiger partial charge in [-0.05, 0) is 55.0 Å². The molecule has 3 amide bonds. The SMILES string of the molecule is CC(C)NC(=O)Nc1ccc(C(=O)NC(c2cccs2)C(C)(C)C)cc1. The second-order valence-corrected chi connectivity index (χ2v) is 8.60. The highest BCUT2D eigenvalue weighted by atomic mass is 32.1. The molecule has 140 valence electrons. The summed E-state index contributed by atoms with van der Waals surface area (Å²) < 4.78 is 0. The molecule has 0 aliphatic rings. The van der Waals surface area contributed by atoms with Crippen LogP contribution in [0.4, 0.5) is 10.5 Å². The fraction of sp³-hybridized carbons (Fsp3) is 0.400. The molecule has 6 heteroatoms. The number of carbonyl (C=O) groups excluding carboxylic acids is 2. The first-order valence-electron chi connectivity index (χ1n) is 8.68. The van der Waals surface area contributed by atoms with E-state index >= 15 is 0 Å². The van der Waals surface area contributed by atoms with E-state index in [4.69, 9.17) is 0 Å². The first-order chi connectivity index (χ1) is 12.2. The van der Waals surface area contributed by atoms with Gasteiger partial charge in [0.05, 0.1) is 6.04 Å². The smallest absolute Gasteiger partial charge is 0.319 e. The molecule has 1 aromatic heterocycles. The van der Waals surface area contributed by atoms with E-state index in [9.17, 15) is 9.59 Å². The van der Waals surface area contributed by atoms with Gasteiger partial charge >= 0.3 is 6.03 Å².